The number of amides is 1. The van der Waals surface area contributed by atoms with Crippen LogP contribution >= 0.6 is 0 Å². The lowest BCUT2D eigenvalue weighted by Gasteiger charge is -2.44. The van der Waals surface area contributed by atoms with E-state index >= 15 is 0 Å². The minimum Gasteiger partial charge on any atom is -0.394 e. The van der Waals surface area contributed by atoms with Gasteiger partial charge in [0.25, 0.3) is 0 Å². The molecule has 1 amide bonds. The fourth-order valence-electron chi connectivity index (χ4n) is 4.25. The zero-order valence-corrected chi connectivity index (χ0v) is 19.7. The van der Waals surface area contributed by atoms with Crippen molar-refractivity contribution >= 4 is 5.91 Å². The van der Waals surface area contributed by atoms with Crippen LogP contribution in [0, 0.1) is 0 Å². The van der Waals surface area contributed by atoms with Gasteiger partial charge in [-0.25, -0.2) is 0 Å². The Morgan fingerprint density at radius 3 is 1.57 bits per heavy atom. The third-order valence-corrected chi connectivity index (χ3v) is 6.46. The molecular weight excluding hydrogens is 510 g/mol. The number of ether oxygens (including phenoxy) is 5. The van der Waals surface area contributed by atoms with Gasteiger partial charge in [0.2, 0.25) is 5.91 Å². The molecule has 216 valence electrons. The molecule has 0 radical (unpaired) electrons. The van der Waals surface area contributed by atoms with Gasteiger partial charge in [0, 0.05) is 6.92 Å². The Morgan fingerprint density at radius 2 is 1.08 bits per heavy atom. The molecule has 0 aromatic carbocycles. The van der Waals surface area contributed by atoms with Crippen LogP contribution in [0.15, 0.2) is 0 Å². The van der Waals surface area contributed by atoms with E-state index in [1.54, 1.807) is 0 Å². The molecule has 0 bridgehead atoms. The highest BCUT2D eigenvalue weighted by atomic mass is 16.7. The molecule has 0 aromatic heterocycles. The van der Waals surface area contributed by atoms with Gasteiger partial charge in [-0.15, -0.1) is 0 Å². The summed E-state index contributed by atoms with van der Waals surface area (Å²) in [6.07, 6.45) is -22.5. The average molecular weight is 545 g/mol. The van der Waals surface area contributed by atoms with Crippen molar-refractivity contribution in [2.24, 2.45) is 0 Å². The van der Waals surface area contributed by atoms with Gasteiger partial charge in [0.15, 0.2) is 18.9 Å². The fourth-order valence-corrected chi connectivity index (χ4v) is 4.25. The summed E-state index contributed by atoms with van der Waals surface area (Å²) in [5.74, 6) is -0.586. The minimum absolute atomic E-state index is 0.576. The summed E-state index contributed by atoms with van der Waals surface area (Å²) in [6, 6.07) is -1.32. The second-order valence-corrected chi connectivity index (χ2v) is 9.15. The number of rotatable bonds is 8. The van der Waals surface area contributed by atoms with Crippen LogP contribution in [0.5, 0.6) is 0 Å². The van der Waals surface area contributed by atoms with E-state index in [4.69, 9.17) is 23.7 Å². The van der Waals surface area contributed by atoms with Crippen molar-refractivity contribution in [3.63, 3.8) is 0 Å². The summed E-state index contributed by atoms with van der Waals surface area (Å²) in [5, 5.41) is 103. The van der Waals surface area contributed by atoms with Gasteiger partial charge in [0.1, 0.15) is 73.2 Å². The van der Waals surface area contributed by atoms with Crippen molar-refractivity contribution in [3.05, 3.63) is 0 Å². The lowest BCUT2D eigenvalue weighted by molar-refractivity contribution is -0.337. The number of nitrogens with one attached hydrogen (secondary N) is 1. The van der Waals surface area contributed by atoms with E-state index in [9.17, 15) is 55.9 Å². The van der Waals surface area contributed by atoms with E-state index in [0.29, 0.717) is 0 Å². The SMILES string of the molecule is CC(=O)N[C@@H]1[C@@H](O)[C@H](O)[C@@H](CO[C@@H]2O[C@H](CO[C@H]3O[C@H](CO)[C@H](O)[C@H](O)[C@H]3O)[C@H](O)[C@H](O)[C@H]2O)O[C@H]1O. The Labute approximate surface area is 210 Å². The average Bonchev–Trinajstić information content (AvgIpc) is 2.86. The van der Waals surface area contributed by atoms with Crippen LogP contribution in [-0.2, 0) is 28.5 Å². The number of aliphatic hydroxyl groups is 10. The van der Waals surface area contributed by atoms with Crippen molar-refractivity contribution in [2.45, 2.75) is 99.0 Å². The quantitative estimate of drug-likeness (QED) is 0.135. The van der Waals surface area contributed by atoms with Crippen molar-refractivity contribution in [1.82, 2.24) is 5.32 Å². The standard InChI is InChI=1S/C20H35NO16/c1-5(23)21-9-13(27)11(25)7(35-18(9)32)3-33-20-17(31)15(29)12(26)8(37-20)4-34-19-16(30)14(28)10(24)6(2-22)36-19/h6-20,22,24-32H,2-4H2,1H3,(H,21,23)/t6-,7-,8-,9-,10+,11-,12+,13-,14+,15+,16-,17-,18-,19+,20-/m1/s1. The van der Waals surface area contributed by atoms with Crippen molar-refractivity contribution in [3.8, 4) is 0 Å². The Morgan fingerprint density at radius 1 is 0.649 bits per heavy atom. The molecule has 3 aliphatic heterocycles. The lowest BCUT2D eigenvalue weighted by Crippen LogP contribution is -2.65. The second-order valence-electron chi connectivity index (χ2n) is 9.15. The van der Waals surface area contributed by atoms with Gasteiger partial charge >= 0.3 is 0 Å². The molecule has 11 N–H and O–H groups in total. The molecule has 3 aliphatic rings. The van der Waals surface area contributed by atoms with Crippen LogP contribution in [0.1, 0.15) is 6.92 Å². The van der Waals surface area contributed by atoms with Crippen LogP contribution in [0.3, 0.4) is 0 Å². The van der Waals surface area contributed by atoms with Gasteiger partial charge < -0.3 is 80.1 Å². The second kappa shape index (κ2) is 12.8. The van der Waals surface area contributed by atoms with Crippen molar-refractivity contribution in [1.29, 1.82) is 0 Å². The maximum Gasteiger partial charge on any atom is 0.217 e. The molecule has 3 rings (SSSR count). The number of carbonyl (C=O) groups excluding carboxylic acids is 1. The maximum absolute atomic E-state index is 11.2. The van der Waals surface area contributed by atoms with Crippen LogP contribution in [-0.4, -0.2) is 169 Å². The highest BCUT2D eigenvalue weighted by Gasteiger charge is 2.49. The largest absolute Gasteiger partial charge is 0.394 e. The van der Waals surface area contributed by atoms with E-state index in [2.05, 4.69) is 5.32 Å². The molecule has 3 fully saturated rings. The Balaban J connectivity index is 1.58. The molecule has 17 heteroatoms. The number of carbonyl (C=O) groups is 1. The van der Waals surface area contributed by atoms with E-state index in [0.717, 1.165) is 6.92 Å². The van der Waals surface area contributed by atoms with E-state index in [1.165, 1.54) is 0 Å². The summed E-state index contributed by atoms with van der Waals surface area (Å²) in [4.78, 5) is 11.2. The first-order valence-corrected chi connectivity index (χ1v) is 11.6. The summed E-state index contributed by atoms with van der Waals surface area (Å²) < 4.78 is 26.5. The normalized spacial score (nSPS) is 49.0. The number of hydrogen-bond acceptors (Lipinski definition) is 16. The zero-order valence-electron chi connectivity index (χ0n) is 19.7. The van der Waals surface area contributed by atoms with Gasteiger partial charge in [-0.05, 0) is 0 Å². The van der Waals surface area contributed by atoms with Gasteiger partial charge in [-0.2, -0.15) is 0 Å². The highest BCUT2D eigenvalue weighted by Crippen LogP contribution is 2.27. The first-order chi connectivity index (χ1) is 17.4. The molecule has 0 spiro atoms. The van der Waals surface area contributed by atoms with Crippen LogP contribution in [0.25, 0.3) is 0 Å². The fraction of sp³-hybridized carbons (Fsp3) is 0.950. The van der Waals surface area contributed by atoms with Crippen LogP contribution < -0.4 is 5.32 Å². The molecule has 37 heavy (non-hydrogen) atoms. The first-order valence-electron chi connectivity index (χ1n) is 11.6. The van der Waals surface area contributed by atoms with E-state index in [1.807, 2.05) is 0 Å². The monoisotopic (exact) mass is 545 g/mol. The van der Waals surface area contributed by atoms with E-state index < -0.39 is 118 Å². The van der Waals surface area contributed by atoms with E-state index in [-0.39, 0.29) is 0 Å². The third kappa shape index (κ3) is 6.72. The summed E-state index contributed by atoms with van der Waals surface area (Å²) in [5.41, 5.74) is 0. The van der Waals surface area contributed by atoms with Gasteiger partial charge in [-0.1, -0.05) is 0 Å². The van der Waals surface area contributed by atoms with Crippen LogP contribution in [0.2, 0.25) is 0 Å². The lowest BCUT2D eigenvalue weighted by atomic mass is 9.96. The first kappa shape index (κ1) is 30.4. The maximum atomic E-state index is 11.2. The molecule has 0 saturated carbocycles. The minimum atomic E-state index is -1.81. The molecule has 3 heterocycles. The summed E-state index contributed by atoms with van der Waals surface area (Å²) in [6.45, 7) is -0.711. The van der Waals surface area contributed by atoms with Crippen LogP contribution in [0.4, 0.5) is 0 Å². The highest BCUT2D eigenvalue weighted by molar-refractivity contribution is 5.73. The molecule has 0 aromatic rings. The molecule has 3 saturated heterocycles. The van der Waals surface area contributed by atoms with Gasteiger partial charge in [-0.3, -0.25) is 4.79 Å². The Bertz CT molecular complexity index is 745. The Hall–Kier alpha value is -1.13. The predicted molar refractivity (Wildman–Crippen MR) is 113 cm³/mol. The number of aliphatic hydroxyl groups excluding tert-OH is 10. The molecule has 15 atom stereocenters. The topological polar surface area (TPSA) is 278 Å². The molecule has 0 unspecified atom stereocenters. The number of hydrogen-bond donors (Lipinski definition) is 11. The molecule has 17 nitrogen and oxygen atoms in total. The van der Waals surface area contributed by atoms with Gasteiger partial charge in [0.05, 0.1) is 19.8 Å². The Kier molecular flexibility index (Phi) is 10.5. The molecular formula is C20H35NO16. The predicted octanol–water partition coefficient (Wildman–Crippen LogP) is -7.43. The zero-order chi connectivity index (χ0) is 27.6. The summed E-state index contributed by atoms with van der Waals surface area (Å²) in [7, 11) is 0. The van der Waals surface area contributed by atoms with Crippen molar-refractivity contribution in [2.75, 3.05) is 19.8 Å². The third-order valence-electron chi connectivity index (χ3n) is 6.46. The molecule has 0 aliphatic carbocycles. The smallest absolute Gasteiger partial charge is 0.217 e. The summed E-state index contributed by atoms with van der Waals surface area (Å²) >= 11 is 0. The van der Waals surface area contributed by atoms with Crippen molar-refractivity contribution < 1.29 is 79.5 Å².